The highest BCUT2D eigenvalue weighted by Gasteiger charge is 2.38. The third-order valence-corrected chi connectivity index (χ3v) is 3.14. The van der Waals surface area contributed by atoms with Gasteiger partial charge in [0.1, 0.15) is 0 Å². The molecule has 0 aromatic heterocycles. The third kappa shape index (κ3) is 1.47. The van der Waals surface area contributed by atoms with Crippen LogP contribution in [0, 0.1) is 0 Å². The Morgan fingerprint density at radius 2 is 2.40 bits per heavy atom. The van der Waals surface area contributed by atoms with E-state index in [2.05, 4.69) is 6.26 Å². The van der Waals surface area contributed by atoms with E-state index < -0.39 is 0 Å². The molecule has 1 saturated carbocycles. The molecule has 3 heteroatoms. The number of nitrogens with two attached hydrogens (primary N) is 1. The lowest BCUT2D eigenvalue weighted by atomic mass is 9.89. The summed E-state index contributed by atoms with van der Waals surface area (Å²) in [6.07, 6.45) is 3.56. The average molecular weight is 161 g/mol. The van der Waals surface area contributed by atoms with Crippen LogP contribution in [-0.4, -0.2) is 30.3 Å². The second kappa shape index (κ2) is 3.60. The van der Waals surface area contributed by atoms with Crippen molar-refractivity contribution in [2.75, 3.05) is 12.9 Å². The van der Waals surface area contributed by atoms with E-state index in [4.69, 9.17) is 10.5 Å². The van der Waals surface area contributed by atoms with Crippen LogP contribution in [0.5, 0.6) is 0 Å². The molecular weight excluding hydrogens is 146 g/mol. The molecule has 1 rings (SSSR count). The first kappa shape index (κ1) is 8.37. The third-order valence-electron chi connectivity index (χ3n) is 1.95. The zero-order chi connectivity index (χ0) is 7.56. The molecule has 3 atom stereocenters. The highest BCUT2D eigenvalue weighted by Crippen LogP contribution is 2.31. The van der Waals surface area contributed by atoms with Gasteiger partial charge >= 0.3 is 0 Å². The molecule has 0 amide bonds. The fraction of sp³-hybridized carbons (Fsp3) is 1.00. The highest BCUT2D eigenvalue weighted by atomic mass is 32.2. The molecule has 10 heavy (non-hydrogen) atoms. The van der Waals surface area contributed by atoms with Gasteiger partial charge in [-0.15, -0.1) is 0 Å². The first-order valence-electron chi connectivity index (χ1n) is 3.69. The lowest BCUT2D eigenvalue weighted by molar-refractivity contribution is 0.00541. The average Bonchev–Trinajstić information content (AvgIpc) is 1.88. The minimum Gasteiger partial charge on any atom is -0.377 e. The summed E-state index contributed by atoms with van der Waals surface area (Å²) in [7, 11) is 0. The second-order valence-electron chi connectivity index (χ2n) is 2.59. The number of hydrogen-bond donors (Lipinski definition) is 1. The molecule has 0 unspecified atom stereocenters. The molecule has 60 valence electrons. The second-order valence-corrected chi connectivity index (χ2v) is 3.61. The van der Waals surface area contributed by atoms with Crippen LogP contribution in [0.25, 0.3) is 0 Å². The molecule has 1 aliphatic rings. The van der Waals surface area contributed by atoms with Gasteiger partial charge in [-0.05, 0) is 19.6 Å². The van der Waals surface area contributed by atoms with Crippen LogP contribution < -0.4 is 5.73 Å². The Kier molecular flexibility index (Phi) is 3.01. The molecule has 1 aliphatic carbocycles. The monoisotopic (exact) mass is 161 g/mol. The fourth-order valence-corrected chi connectivity index (χ4v) is 2.27. The first-order valence-corrected chi connectivity index (χ1v) is 4.98. The molecule has 0 bridgehead atoms. The predicted molar refractivity (Wildman–Crippen MR) is 45.3 cm³/mol. The van der Waals surface area contributed by atoms with E-state index in [9.17, 15) is 0 Å². The van der Waals surface area contributed by atoms with E-state index in [0.29, 0.717) is 17.4 Å². The Bertz CT molecular complexity index is 108. The van der Waals surface area contributed by atoms with Crippen LogP contribution in [0.3, 0.4) is 0 Å². The molecule has 2 N–H and O–H groups in total. The predicted octanol–water partition coefficient (Wildman–Crippen LogP) is 0.854. The normalized spacial score (nSPS) is 39.3. The van der Waals surface area contributed by atoms with E-state index in [1.54, 1.807) is 0 Å². The van der Waals surface area contributed by atoms with Crippen molar-refractivity contribution in [2.24, 2.45) is 5.73 Å². The number of rotatable bonds is 3. The minimum atomic E-state index is 0.367. The topological polar surface area (TPSA) is 35.2 Å². The van der Waals surface area contributed by atoms with Crippen LogP contribution in [-0.2, 0) is 4.74 Å². The quantitative estimate of drug-likeness (QED) is 0.666. The molecule has 0 aliphatic heterocycles. The van der Waals surface area contributed by atoms with Gasteiger partial charge in [0.2, 0.25) is 0 Å². The Balaban J connectivity index is 2.23. The van der Waals surface area contributed by atoms with Gasteiger partial charge in [-0.1, -0.05) is 0 Å². The van der Waals surface area contributed by atoms with Crippen molar-refractivity contribution in [1.82, 2.24) is 0 Å². The van der Waals surface area contributed by atoms with Crippen LogP contribution >= 0.6 is 11.8 Å². The van der Waals surface area contributed by atoms with Gasteiger partial charge in [0, 0.05) is 17.9 Å². The maximum absolute atomic E-state index is 5.75. The molecule has 0 spiro atoms. The summed E-state index contributed by atoms with van der Waals surface area (Å²) in [5.74, 6) is 0. The minimum absolute atomic E-state index is 0.367. The van der Waals surface area contributed by atoms with Crippen LogP contribution in [0.15, 0.2) is 0 Å². The Morgan fingerprint density at radius 1 is 1.70 bits per heavy atom. The Labute approximate surface area is 66.5 Å². The zero-order valence-electron chi connectivity index (χ0n) is 6.54. The standard InChI is InChI=1S/C7H15NOS/c1-3-9-6-4-5(8)7(6)10-2/h5-7H,3-4,8H2,1-2H3/t5-,6-,7+/m1/s1. The first-order chi connectivity index (χ1) is 4.79. The largest absolute Gasteiger partial charge is 0.377 e. The molecule has 0 saturated heterocycles. The van der Waals surface area contributed by atoms with Crippen molar-refractivity contribution in [3.05, 3.63) is 0 Å². The van der Waals surface area contributed by atoms with Crippen molar-refractivity contribution in [1.29, 1.82) is 0 Å². The van der Waals surface area contributed by atoms with Crippen LogP contribution in [0.1, 0.15) is 13.3 Å². The highest BCUT2D eigenvalue weighted by molar-refractivity contribution is 7.99. The summed E-state index contributed by atoms with van der Waals surface area (Å²) in [4.78, 5) is 0. The summed E-state index contributed by atoms with van der Waals surface area (Å²) in [5, 5.41) is 0.542. The van der Waals surface area contributed by atoms with Crippen molar-refractivity contribution in [2.45, 2.75) is 30.7 Å². The van der Waals surface area contributed by atoms with E-state index in [1.807, 2.05) is 18.7 Å². The van der Waals surface area contributed by atoms with Crippen LogP contribution in [0.4, 0.5) is 0 Å². The molecule has 0 aromatic carbocycles. The Hall–Kier alpha value is 0.270. The molecule has 0 radical (unpaired) electrons. The SMILES string of the molecule is CCO[C@@H]1C[C@@H](N)[C@@H]1SC. The summed E-state index contributed by atoms with van der Waals surface area (Å²) in [5.41, 5.74) is 5.75. The molecular formula is C7H15NOS. The summed E-state index contributed by atoms with van der Waals surface area (Å²) >= 11 is 1.82. The van der Waals surface area contributed by atoms with Gasteiger partial charge in [0.25, 0.3) is 0 Å². The van der Waals surface area contributed by atoms with Gasteiger partial charge in [0.05, 0.1) is 6.10 Å². The summed E-state index contributed by atoms with van der Waals surface area (Å²) in [6.45, 7) is 2.84. The van der Waals surface area contributed by atoms with Crippen LogP contribution in [0.2, 0.25) is 0 Å². The van der Waals surface area contributed by atoms with Gasteiger partial charge < -0.3 is 10.5 Å². The molecule has 0 heterocycles. The van der Waals surface area contributed by atoms with Gasteiger partial charge in [-0.2, -0.15) is 11.8 Å². The number of thioether (sulfide) groups is 1. The lowest BCUT2D eigenvalue weighted by Crippen LogP contribution is -2.54. The maximum Gasteiger partial charge on any atom is 0.0723 e. The Morgan fingerprint density at radius 3 is 2.80 bits per heavy atom. The van der Waals surface area contributed by atoms with Crippen molar-refractivity contribution >= 4 is 11.8 Å². The van der Waals surface area contributed by atoms with E-state index in [-0.39, 0.29) is 0 Å². The fourth-order valence-electron chi connectivity index (χ4n) is 1.32. The van der Waals surface area contributed by atoms with Gasteiger partial charge in [0.15, 0.2) is 0 Å². The summed E-state index contributed by atoms with van der Waals surface area (Å²) in [6, 6.07) is 0.367. The van der Waals surface area contributed by atoms with Crippen molar-refractivity contribution < 1.29 is 4.74 Å². The molecule has 0 aromatic rings. The molecule has 2 nitrogen and oxygen atoms in total. The van der Waals surface area contributed by atoms with Gasteiger partial charge in [-0.25, -0.2) is 0 Å². The number of ether oxygens (including phenoxy) is 1. The lowest BCUT2D eigenvalue weighted by Gasteiger charge is -2.40. The number of hydrogen-bond acceptors (Lipinski definition) is 3. The van der Waals surface area contributed by atoms with Crippen molar-refractivity contribution in [3.8, 4) is 0 Å². The maximum atomic E-state index is 5.75. The van der Waals surface area contributed by atoms with E-state index in [1.165, 1.54) is 0 Å². The van der Waals surface area contributed by atoms with Gasteiger partial charge in [-0.3, -0.25) is 0 Å². The summed E-state index contributed by atoms with van der Waals surface area (Å²) < 4.78 is 5.45. The smallest absolute Gasteiger partial charge is 0.0723 e. The van der Waals surface area contributed by atoms with E-state index >= 15 is 0 Å². The zero-order valence-corrected chi connectivity index (χ0v) is 7.36. The molecule has 1 fully saturated rings. The van der Waals surface area contributed by atoms with E-state index in [0.717, 1.165) is 13.0 Å². The van der Waals surface area contributed by atoms with Crippen molar-refractivity contribution in [3.63, 3.8) is 0 Å².